The third-order valence-corrected chi connectivity index (χ3v) is 4.31. The van der Waals surface area contributed by atoms with E-state index >= 15 is 0 Å². The minimum absolute atomic E-state index is 0.194. The van der Waals surface area contributed by atoms with Gasteiger partial charge in [0.05, 0.1) is 11.5 Å². The van der Waals surface area contributed by atoms with E-state index in [9.17, 15) is 9.90 Å². The van der Waals surface area contributed by atoms with Crippen LogP contribution in [0.4, 0.5) is 0 Å². The molecule has 0 radical (unpaired) electrons. The van der Waals surface area contributed by atoms with Crippen molar-refractivity contribution < 1.29 is 15.0 Å². The molecule has 2 rings (SSSR count). The summed E-state index contributed by atoms with van der Waals surface area (Å²) in [5.74, 6) is -0.766. The average Bonchev–Trinajstić information content (AvgIpc) is 2.59. The van der Waals surface area contributed by atoms with E-state index in [-0.39, 0.29) is 11.8 Å². The van der Waals surface area contributed by atoms with Crippen LogP contribution in [0.3, 0.4) is 0 Å². The highest BCUT2D eigenvalue weighted by Crippen LogP contribution is 2.31. The summed E-state index contributed by atoms with van der Waals surface area (Å²) in [6.45, 7) is 4.04. The Morgan fingerprint density at radius 1 is 1.29 bits per heavy atom. The molecule has 98 valence electrons. The Morgan fingerprint density at radius 3 is 2.47 bits per heavy atom. The molecular formula is C13H23NO3. The molecule has 1 aliphatic carbocycles. The summed E-state index contributed by atoms with van der Waals surface area (Å²) in [7, 11) is 0. The normalized spacial score (nSPS) is 33.8. The zero-order valence-electron chi connectivity index (χ0n) is 10.6. The molecule has 1 saturated carbocycles. The second-order valence-electron chi connectivity index (χ2n) is 5.90. The van der Waals surface area contributed by atoms with Crippen molar-refractivity contribution in [3.05, 3.63) is 0 Å². The van der Waals surface area contributed by atoms with Gasteiger partial charge in [0.15, 0.2) is 0 Å². The predicted molar refractivity (Wildman–Crippen MR) is 64.8 cm³/mol. The number of likely N-dealkylation sites (tertiary alicyclic amines) is 1. The summed E-state index contributed by atoms with van der Waals surface area (Å²) < 4.78 is 0. The number of carboxylic acid groups (broad SMARTS) is 1. The zero-order chi connectivity index (χ0) is 12.5. The van der Waals surface area contributed by atoms with E-state index < -0.39 is 11.6 Å². The van der Waals surface area contributed by atoms with Crippen LogP contribution in [0, 0.1) is 11.8 Å². The Balaban J connectivity index is 1.90. The number of nitrogens with zero attached hydrogens (tertiary/aromatic N) is 1. The van der Waals surface area contributed by atoms with Crippen LogP contribution in [0.2, 0.25) is 0 Å². The molecule has 2 N–H and O–H groups in total. The van der Waals surface area contributed by atoms with Gasteiger partial charge in [-0.05, 0) is 18.8 Å². The molecular weight excluding hydrogens is 218 g/mol. The first-order valence-electron chi connectivity index (χ1n) is 6.68. The van der Waals surface area contributed by atoms with Gasteiger partial charge in [0, 0.05) is 19.6 Å². The Bertz CT molecular complexity index is 286. The molecule has 1 saturated heterocycles. The van der Waals surface area contributed by atoms with E-state index in [1.807, 2.05) is 6.92 Å². The van der Waals surface area contributed by atoms with Gasteiger partial charge in [0.1, 0.15) is 0 Å². The van der Waals surface area contributed by atoms with Gasteiger partial charge < -0.3 is 10.2 Å². The lowest BCUT2D eigenvalue weighted by Gasteiger charge is -2.35. The summed E-state index contributed by atoms with van der Waals surface area (Å²) in [5.41, 5.74) is -0.564. The number of rotatable bonds is 3. The molecule has 0 aromatic heterocycles. The van der Waals surface area contributed by atoms with E-state index in [4.69, 9.17) is 5.11 Å². The van der Waals surface area contributed by atoms with Crippen LogP contribution in [-0.2, 0) is 4.79 Å². The summed E-state index contributed by atoms with van der Waals surface area (Å²) in [6.07, 6.45) is 5.16. The number of aliphatic carboxylic acids is 1. The third-order valence-electron chi connectivity index (χ3n) is 4.31. The molecule has 17 heavy (non-hydrogen) atoms. The highest BCUT2D eigenvalue weighted by atomic mass is 16.4. The first kappa shape index (κ1) is 12.8. The fourth-order valence-corrected chi connectivity index (χ4v) is 3.30. The summed E-state index contributed by atoms with van der Waals surface area (Å²) in [6, 6.07) is 0. The molecule has 0 amide bonds. The molecule has 2 fully saturated rings. The number of aliphatic hydroxyl groups is 1. The van der Waals surface area contributed by atoms with Gasteiger partial charge in [-0.3, -0.25) is 9.69 Å². The van der Waals surface area contributed by atoms with E-state index in [0.717, 1.165) is 32.2 Å². The molecule has 0 aromatic rings. The number of carboxylic acids is 1. The smallest absolute Gasteiger partial charge is 0.308 e. The lowest BCUT2D eigenvalue weighted by Crippen LogP contribution is -2.43. The standard InChI is InChI=1S/C13H23NO3/c1-10-7-14(8-11(10)12(15)16)9-13(17)5-3-2-4-6-13/h10-11,17H,2-9H2,1H3,(H,15,16)/t10-,11-/m1/s1. The molecule has 0 aromatic carbocycles. The fraction of sp³-hybridized carbons (Fsp3) is 0.923. The van der Waals surface area contributed by atoms with Crippen molar-refractivity contribution in [2.75, 3.05) is 19.6 Å². The number of hydrogen-bond acceptors (Lipinski definition) is 3. The molecule has 4 heteroatoms. The van der Waals surface area contributed by atoms with Gasteiger partial charge in [0.25, 0.3) is 0 Å². The Labute approximate surface area is 103 Å². The van der Waals surface area contributed by atoms with Crippen LogP contribution in [-0.4, -0.2) is 46.3 Å². The largest absolute Gasteiger partial charge is 0.481 e. The van der Waals surface area contributed by atoms with Crippen molar-refractivity contribution in [3.8, 4) is 0 Å². The Kier molecular flexibility index (Phi) is 3.73. The van der Waals surface area contributed by atoms with Gasteiger partial charge in [0.2, 0.25) is 0 Å². The van der Waals surface area contributed by atoms with Gasteiger partial charge in [-0.1, -0.05) is 26.2 Å². The highest BCUT2D eigenvalue weighted by Gasteiger charge is 2.39. The van der Waals surface area contributed by atoms with E-state index in [2.05, 4.69) is 4.90 Å². The van der Waals surface area contributed by atoms with Gasteiger partial charge in [-0.2, -0.15) is 0 Å². The van der Waals surface area contributed by atoms with Crippen LogP contribution in [0.15, 0.2) is 0 Å². The molecule has 4 nitrogen and oxygen atoms in total. The predicted octanol–water partition coefficient (Wildman–Crippen LogP) is 1.33. The first-order valence-corrected chi connectivity index (χ1v) is 6.68. The maximum Gasteiger partial charge on any atom is 0.308 e. The van der Waals surface area contributed by atoms with Crippen molar-refractivity contribution in [2.24, 2.45) is 11.8 Å². The maximum atomic E-state index is 11.0. The lowest BCUT2D eigenvalue weighted by atomic mass is 9.84. The summed E-state index contributed by atoms with van der Waals surface area (Å²) in [5, 5.41) is 19.5. The SMILES string of the molecule is C[C@@H]1CN(CC2(O)CCCCC2)C[C@H]1C(=O)O. The second kappa shape index (κ2) is 4.94. The van der Waals surface area contributed by atoms with E-state index in [0.29, 0.717) is 13.1 Å². The fourth-order valence-electron chi connectivity index (χ4n) is 3.30. The molecule has 0 spiro atoms. The second-order valence-corrected chi connectivity index (χ2v) is 5.90. The van der Waals surface area contributed by atoms with Crippen LogP contribution < -0.4 is 0 Å². The minimum atomic E-state index is -0.698. The number of carbonyl (C=O) groups is 1. The molecule has 0 bridgehead atoms. The number of hydrogen-bond donors (Lipinski definition) is 2. The van der Waals surface area contributed by atoms with Crippen LogP contribution in [0.1, 0.15) is 39.0 Å². The van der Waals surface area contributed by atoms with Gasteiger partial charge in [-0.25, -0.2) is 0 Å². The van der Waals surface area contributed by atoms with Crippen molar-refractivity contribution >= 4 is 5.97 Å². The lowest BCUT2D eigenvalue weighted by molar-refractivity contribution is -0.142. The van der Waals surface area contributed by atoms with Crippen molar-refractivity contribution in [3.63, 3.8) is 0 Å². The van der Waals surface area contributed by atoms with Crippen molar-refractivity contribution in [2.45, 2.75) is 44.6 Å². The molecule has 2 aliphatic rings. The van der Waals surface area contributed by atoms with Crippen molar-refractivity contribution in [1.29, 1.82) is 0 Å². The molecule has 2 atom stereocenters. The number of β-amino-alcohol motifs (C(OH)–C–C–N with tert-alkyl or cyclic N) is 1. The van der Waals surface area contributed by atoms with Crippen LogP contribution >= 0.6 is 0 Å². The molecule has 0 unspecified atom stereocenters. The molecule has 1 aliphatic heterocycles. The summed E-state index contributed by atoms with van der Waals surface area (Å²) >= 11 is 0. The van der Waals surface area contributed by atoms with Gasteiger partial charge in [-0.15, -0.1) is 0 Å². The topological polar surface area (TPSA) is 60.8 Å². The van der Waals surface area contributed by atoms with Crippen molar-refractivity contribution in [1.82, 2.24) is 4.90 Å². The van der Waals surface area contributed by atoms with E-state index in [1.165, 1.54) is 6.42 Å². The maximum absolute atomic E-state index is 11.0. The monoisotopic (exact) mass is 241 g/mol. The first-order chi connectivity index (χ1) is 8.00. The van der Waals surface area contributed by atoms with E-state index in [1.54, 1.807) is 0 Å². The average molecular weight is 241 g/mol. The quantitative estimate of drug-likeness (QED) is 0.782. The minimum Gasteiger partial charge on any atom is -0.481 e. The third kappa shape index (κ3) is 2.99. The van der Waals surface area contributed by atoms with Gasteiger partial charge >= 0.3 is 5.97 Å². The highest BCUT2D eigenvalue weighted by molar-refractivity contribution is 5.71. The zero-order valence-corrected chi connectivity index (χ0v) is 10.6. The summed E-state index contributed by atoms with van der Waals surface area (Å²) in [4.78, 5) is 13.2. The Hall–Kier alpha value is -0.610. The van der Waals surface area contributed by atoms with Crippen LogP contribution in [0.25, 0.3) is 0 Å². The van der Waals surface area contributed by atoms with Crippen LogP contribution in [0.5, 0.6) is 0 Å². The Morgan fingerprint density at radius 2 is 1.94 bits per heavy atom. The molecule has 1 heterocycles.